The summed E-state index contributed by atoms with van der Waals surface area (Å²) in [6.07, 6.45) is 0. The SMILES string of the molecule is CC(C)c1ccc2c(c1)c(C(=O)O)c1n2CCNC1. The molecule has 0 amide bonds. The summed E-state index contributed by atoms with van der Waals surface area (Å²) in [6, 6.07) is 6.20. The van der Waals surface area contributed by atoms with Gasteiger partial charge in [0.25, 0.3) is 0 Å². The fourth-order valence-electron chi connectivity index (χ4n) is 2.86. The van der Waals surface area contributed by atoms with Gasteiger partial charge in [-0.2, -0.15) is 0 Å². The second kappa shape index (κ2) is 4.38. The molecule has 1 aliphatic heterocycles. The minimum absolute atomic E-state index is 0.404. The first-order valence-electron chi connectivity index (χ1n) is 6.68. The Hall–Kier alpha value is -1.81. The van der Waals surface area contributed by atoms with E-state index in [4.69, 9.17) is 0 Å². The Kier molecular flexibility index (Phi) is 2.82. The quantitative estimate of drug-likeness (QED) is 0.870. The molecule has 2 aromatic rings. The number of nitrogens with one attached hydrogen (secondary N) is 1. The number of hydrogen-bond acceptors (Lipinski definition) is 2. The molecule has 100 valence electrons. The first-order valence-corrected chi connectivity index (χ1v) is 6.68. The zero-order chi connectivity index (χ0) is 13.6. The van der Waals surface area contributed by atoms with Crippen molar-refractivity contribution in [1.29, 1.82) is 0 Å². The van der Waals surface area contributed by atoms with Gasteiger partial charge in [0, 0.05) is 36.2 Å². The zero-order valence-electron chi connectivity index (χ0n) is 11.2. The normalized spacial score (nSPS) is 14.9. The molecule has 3 rings (SSSR count). The fourth-order valence-corrected chi connectivity index (χ4v) is 2.86. The van der Waals surface area contributed by atoms with Crippen LogP contribution in [0, 0.1) is 0 Å². The van der Waals surface area contributed by atoms with Crippen molar-refractivity contribution in [2.45, 2.75) is 32.9 Å². The van der Waals surface area contributed by atoms with Gasteiger partial charge in [0.15, 0.2) is 0 Å². The number of aromatic nitrogens is 1. The van der Waals surface area contributed by atoms with E-state index in [0.717, 1.165) is 29.7 Å². The number of benzene rings is 1. The molecule has 0 radical (unpaired) electrons. The molecule has 2 N–H and O–H groups in total. The van der Waals surface area contributed by atoms with Gasteiger partial charge in [0.2, 0.25) is 0 Å². The van der Waals surface area contributed by atoms with E-state index in [0.29, 0.717) is 18.0 Å². The van der Waals surface area contributed by atoms with Crippen LogP contribution in [0.1, 0.15) is 41.4 Å². The summed E-state index contributed by atoms with van der Waals surface area (Å²) in [4.78, 5) is 11.6. The van der Waals surface area contributed by atoms with Gasteiger partial charge in [-0.3, -0.25) is 0 Å². The van der Waals surface area contributed by atoms with Gasteiger partial charge >= 0.3 is 5.97 Å². The van der Waals surface area contributed by atoms with Gasteiger partial charge in [0.1, 0.15) is 0 Å². The van der Waals surface area contributed by atoms with Crippen LogP contribution in [0.3, 0.4) is 0 Å². The highest BCUT2D eigenvalue weighted by molar-refractivity contribution is 6.05. The second-order valence-electron chi connectivity index (χ2n) is 5.39. The first kappa shape index (κ1) is 12.2. The van der Waals surface area contributed by atoms with Gasteiger partial charge in [-0.05, 0) is 23.6 Å². The predicted octanol–water partition coefficient (Wildman–Crippen LogP) is 2.57. The molecular formula is C15H18N2O2. The molecule has 0 bridgehead atoms. The van der Waals surface area contributed by atoms with Crippen molar-refractivity contribution in [3.05, 3.63) is 35.0 Å². The molecule has 4 nitrogen and oxygen atoms in total. The standard InChI is InChI=1S/C15H18N2O2/c1-9(2)10-3-4-12-11(7-10)14(15(18)19)13-8-16-5-6-17(12)13/h3-4,7,9,16H,5-6,8H2,1-2H3,(H,18,19). The molecule has 2 heterocycles. The molecule has 0 atom stereocenters. The van der Waals surface area contributed by atoms with Crippen LogP contribution in [-0.4, -0.2) is 22.2 Å². The Balaban J connectivity index is 2.34. The van der Waals surface area contributed by atoms with Crippen molar-refractivity contribution in [1.82, 2.24) is 9.88 Å². The molecular weight excluding hydrogens is 240 g/mol. The van der Waals surface area contributed by atoms with E-state index < -0.39 is 5.97 Å². The number of carboxylic acids is 1. The maximum absolute atomic E-state index is 11.6. The Labute approximate surface area is 112 Å². The second-order valence-corrected chi connectivity index (χ2v) is 5.39. The molecule has 0 unspecified atom stereocenters. The van der Waals surface area contributed by atoms with Crippen LogP contribution in [0.25, 0.3) is 10.9 Å². The smallest absolute Gasteiger partial charge is 0.338 e. The summed E-state index contributed by atoms with van der Waals surface area (Å²) in [5.74, 6) is -0.426. The van der Waals surface area contributed by atoms with Gasteiger partial charge in [-0.25, -0.2) is 4.79 Å². The third-order valence-corrected chi connectivity index (χ3v) is 3.88. The number of carboxylic acid groups (broad SMARTS) is 1. The van der Waals surface area contributed by atoms with E-state index in [1.165, 1.54) is 5.56 Å². The van der Waals surface area contributed by atoms with Crippen molar-refractivity contribution in [2.75, 3.05) is 6.54 Å². The fraction of sp³-hybridized carbons (Fsp3) is 0.400. The van der Waals surface area contributed by atoms with Crippen molar-refractivity contribution in [2.24, 2.45) is 0 Å². The molecule has 19 heavy (non-hydrogen) atoms. The summed E-state index contributed by atoms with van der Waals surface area (Å²) in [5.41, 5.74) is 3.59. The Bertz CT molecular complexity index is 656. The van der Waals surface area contributed by atoms with Crippen molar-refractivity contribution in [3.8, 4) is 0 Å². The van der Waals surface area contributed by atoms with Crippen LogP contribution in [-0.2, 0) is 13.1 Å². The van der Waals surface area contributed by atoms with Gasteiger partial charge in [0.05, 0.1) is 5.56 Å². The number of nitrogens with zero attached hydrogens (tertiary/aromatic N) is 1. The van der Waals surface area contributed by atoms with Crippen LogP contribution < -0.4 is 5.32 Å². The maximum Gasteiger partial charge on any atom is 0.338 e. The molecule has 1 aromatic carbocycles. The zero-order valence-corrected chi connectivity index (χ0v) is 11.2. The third-order valence-electron chi connectivity index (χ3n) is 3.88. The van der Waals surface area contributed by atoms with Crippen molar-refractivity contribution >= 4 is 16.9 Å². The lowest BCUT2D eigenvalue weighted by molar-refractivity contribution is 0.0697. The summed E-state index contributed by atoms with van der Waals surface area (Å²) >= 11 is 0. The molecule has 0 spiro atoms. The lowest BCUT2D eigenvalue weighted by atomic mass is 10.00. The van der Waals surface area contributed by atoms with Gasteiger partial charge < -0.3 is 15.0 Å². The first-order chi connectivity index (χ1) is 9.09. The summed E-state index contributed by atoms with van der Waals surface area (Å²) in [7, 11) is 0. The largest absolute Gasteiger partial charge is 0.478 e. The van der Waals surface area contributed by atoms with Crippen LogP contribution >= 0.6 is 0 Å². The average molecular weight is 258 g/mol. The summed E-state index contributed by atoms with van der Waals surface area (Å²) in [5, 5.41) is 13.6. The topological polar surface area (TPSA) is 54.3 Å². The predicted molar refractivity (Wildman–Crippen MR) is 74.7 cm³/mol. The van der Waals surface area contributed by atoms with Crippen LogP contribution in [0.15, 0.2) is 18.2 Å². The van der Waals surface area contributed by atoms with E-state index in [1.54, 1.807) is 0 Å². The highest BCUT2D eigenvalue weighted by atomic mass is 16.4. The minimum Gasteiger partial charge on any atom is -0.478 e. The Morgan fingerprint density at radius 1 is 1.42 bits per heavy atom. The third kappa shape index (κ3) is 1.83. The Morgan fingerprint density at radius 3 is 2.89 bits per heavy atom. The summed E-state index contributed by atoms with van der Waals surface area (Å²) < 4.78 is 2.14. The molecule has 0 saturated carbocycles. The molecule has 0 aliphatic carbocycles. The van der Waals surface area contributed by atoms with Crippen LogP contribution in [0.4, 0.5) is 0 Å². The van der Waals surface area contributed by atoms with Crippen molar-refractivity contribution in [3.63, 3.8) is 0 Å². The van der Waals surface area contributed by atoms with E-state index in [1.807, 2.05) is 6.07 Å². The molecule has 1 aromatic heterocycles. The van der Waals surface area contributed by atoms with Crippen molar-refractivity contribution < 1.29 is 9.90 Å². The van der Waals surface area contributed by atoms with E-state index in [9.17, 15) is 9.90 Å². The maximum atomic E-state index is 11.6. The number of aromatic carboxylic acids is 1. The average Bonchev–Trinajstić information content (AvgIpc) is 2.72. The number of fused-ring (bicyclic) bond motifs is 3. The highest BCUT2D eigenvalue weighted by Crippen LogP contribution is 2.30. The number of hydrogen-bond donors (Lipinski definition) is 2. The number of carbonyl (C=O) groups is 1. The van der Waals surface area contributed by atoms with Gasteiger partial charge in [-0.1, -0.05) is 19.9 Å². The van der Waals surface area contributed by atoms with Crippen LogP contribution in [0.2, 0.25) is 0 Å². The molecule has 4 heteroatoms. The Morgan fingerprint density at radius 2 is 2.21 bits per heavy atom. The molecule has 0 fully saturated rings. The van der Waals surface area contributed by atoms with E-state index >= 15 is 0 Å². The monoisotopic (exact) mass is 258 g/mol. The number of rotatable bonds is 2. The van der Waals surface area contributed by atoms with E-state index in [-0.39, 0.29) is 0 Å². The highest BCUT2D eigenvalue weighted by Gasteiger charge is 2.24. The lowest BCUT2D eigenvalue weighted by Gasteiger charge is -2.17. The van der Waals surface area contributed by atoms with Crippen LogP contribution in [0.5, 0.6) is 0 Å². The lowest BCUT2D eigenvalue weighted by Crippen LogP contribution is -2.28. The minimum atomic E-state index is -0.830. The summed E-state index contributed by atoms with van der Waals surface area (Å²) in [6.45, 7) is 6.60. The van der Waals surface area contributed by atoms with Gasteiger partial charge in [-0.15, -0.1) is 0 Å². The molecule has 1 aliphatic rings. The molecule has 0 saturated heterocycles. The van der Waals surface area contributed by atoms with E-state index in [2.05, 4.69) is 35.9 Å².